The predicted octanol–water partition coefficient (Wildman–Crippen LogP) is 3.92. The van der Waals surface area contributed by atoms with E-state index in [1.54, 1.807) is 12.3 Å². The van der Waals surface area contributed by atoms with Crippen LogP contribution in [0.5, 0.6) is 0 Å². The van der Waals surface area contributed by atoms with Crippen LogP contribution in [0.1, 0.15) is 41.5 Å². The third-order valence-electron chi connectivity index (χ3n) is 3.44. The lowest BCUT2D eigenvalue weighted by Crippen LogP contribution is -2.07. The third-order valence-corrected chi connectivity index (χ3v) is 3.44. The van der Waals surface area contributed by atoms with Crippen molar-refractivity contribution < 1.29 is 4.79 Å². The monoisotopic (exact) mass is 264 g/mol. The van der Waals surface area contributed by atoms with Crippen molar-refractivity contribution in [2.45, 2.75) is 19.8 Å². The molecule has 0 fully saturated rings. The number of H-pyrrole nitrogens is 1. The second-order valence-corrected chi connectivity index (χ2v) is 5.16. The first-order valence-corrected chi connectivity index (χ1v) is 6.75. The SMILES string of the molecule is CC(C)c1[nH]c2ccccc2c1C(=O)c1ccccn1. The van der Waals surface area contributed by atoms with Gasteiger partial charge < -0.3 is 4.98 Å². The normalized spacial score (nSPS) is 11.2. The fourth-order valence-electron chi connectivity index (χ4n) is 2.47. The fraction of sp³-hybridized carbons (Fsp3) is 0.176. The summed E-state index contributed by atoms with van der Waals surface area (Å²) in [5.74, 6) is 0.233. The summed E-state index contributed by atoms with van der Waals surface area (Å²) in [5.41, 5.74) is 3.20. The standard InChI is InChI=1S/C17H16N2O/c1-11(2)16-15(12-7-3-4-8-13(12)19-16)17(20)14-9-5-6-10-18-14/h3-11,19H,1-2H3. The highest BCUT2D eigenvalue weighted by atomic mass is 16.1. The van der Waals surface area contributed by atoms with E-state index in [-0.39, 0.29) is 11.7 Å². The number of carbonyl (C=O) groups is 1. The molecule has 0 aliphatic rings. The van der Waals surface area contributed by atoms with E-state index in [1.807, 2.05) is 36.4 Å². The van der Waals surface area contributed by atoms with Gasteiger partial charge in [-0.15, -0.1) is 0 Å². The van der Waals surface area contributed by atoms with Gasteiger partial charge in [-0.05, 0) is 24.1 Å². The van der Waals surface area contributed by atoms with Crippen molar-refractivity contribution in [3.63, 3.8) is 0 Å². The second kappa shape index (κ2) is 4.93. The molecule has 3 nitrogen and oxygen atoms in total. The van der Waals surface area contributed by atoms with Crippen molar-refractivity contribution in [1.29, 1.82) is 0 Å². The summed E-state index contributed by atoms with van der Waals surface area (Å²) in [5, 5.41) is 0.965. The largest absolute Gasteiger partial charge is 0.358 e. The van der Waals surface area contributed by atoms with Crippen LogP contribution in [0.15, 0.2) is 48.7 Å². The zero-order valence-electron chi connectivity index (χ0n) is 11.6. The number of para-hydroxylation sites is 1. The van der Waals surface area contributed by atoms with Crippen LogP contribution in [0.2, 0.25) is 0 Å². The number of ketones is 1. The van der Waals surface area contributed by atoms with E-state index in [2.05, 4.69) is 23.8 Å². The number of hydrogen-bond acceptors (Lipinski definition) is 2. The molecular formula is C17H16N2O. The lowest BCUT2D eigenvalue weighted by Gasteiger charge is -2.06. The molecule has 3 aromatic rings. The van der Waals surface area contributed by atoms with Gasteiger partial charge in [0.2, 0.25) is 5.78 Å². The number of benzene rings is 1. The Morgan fingerprint density at radius 1 is 1.10 bits per heavy atom. The molecule has 1 N–H and O–H groups in total. The molecule has 2 heterocycles. The molecule has 2 aromatic heterocycles. The van der Waals surface area contributed by atoms with Crippen LogP contribution in [0, 0.1) is 0 Å². The van der Waals surface area contributed by atoms with Gasteiger partial charge in [0.25, 0.3) is 0 Å². The number of carbonyl (C=O) groups excluding carboxylic acids is 1. The van der Waals surface area contributed by atoms with Crippen molar-refractivity contribution in [3.05, 3.63) is 65.6 Å². The zero-order chi connectivity index (χ0) is 14.1. The molecule has 0 saturated heterocycles. The molecule has 0 spiro atoms. The number of nitrogens with one attached hydrogen (secondary N) is 1. The quantitative estimate of drug-likeness (QED) is 0.729. The van der Waals surface area contributed by atoms with Gasteiger partial charge in [0.05, 0.1) is 5.56 Å². The van der Waals surface area contributed by atoms with Crippen LogP contribution in [0.3, 0.4) is 0 Å². The number of fused-ring (bicyclic) bond motifs is 1. The Labute approximate surface area is 117 Å². The van der Waals surface area contributed by atoms with Crippen LogP contribution in [-0.2, 0) is 0 Å². The number of hydrogen-bond donors (Lipinski definition) is 1. The molecule has 0 radical (unpaired) electrons. The molecule has 0 unspecified atom stereocenters. The first kappa shape index (κ1) is 12.6. The minimum absolute atomic E-state index is 0.0215. The fourth-order valence-corrected chi connectivity index (χ4v) is 2.47. The van der Waals surface area contributed by atoms with E-state index in [1.165, 1.54) is 0 Å². The topological polar surface area (TPSA) is 45.8 Å². The highest BCUT2D eigenvalue weighted by Gasteiger charge is 2.21. The Balaban J connectivity index is 2.24. The van der Waals surface area contributed by atoms with E-state index < -0.39 is 0 Å². The van der Waals surface area contributed by atoms with Crippen molar-refractivity contribution in [1.82, 2.24) is 9.97 Å². The maximum absolute atomic E-state index is 12.8. The summed E-state index contributed by atoms with van der Waals surface area (Å²) in [6, 6.07) is 13.3. The summed E-state index contributed by atoms with van der Waals surface area (Å²) < 4.78 is 0. The van der Waals surface area contributed by atoms with Gasteiger partial charge in [-0.3, -0.25) is 9.78 Å². The average molecular weight is 264 g/mol. The minimum Gasteiger partial charge on any atom is -0.358 e. The van der Waals surface area contributed by atoms with Crippen LogP contribution in [0.25, 0.3) is 10.9 Å². The van der Waals surface area contributed by atoms with Gasteiger partial charge in [0, 0.05) is 22.8 Å². The molecule has 0 bridgehead atoms. The predicted molar refractivity (Wildman–Crippen MR) is 80.1 cm³/mol. The molecule has 100 valence electrons. The third kappa shape index (κ3) is 2.01. The summed E-state index contributed by atoms with van der Waals surface area (Å²) >= 11 is 0. The zero-order valence-corrected chi connectivity index (χ0v) is 11.6. The van der Waals surface area contributed by atoms with E-state index in [4.69, 9.17) is 0 Å². The van der Waals surface area contributed by atoms with Crippen molar-refractivity contribution in [2.75, 3.05) is 0 Å². The number of pyridine rings is 1. The van der Waals surface area contributed by atoms with Gasteiger partial charge in [-0.1, -0.05) is 38.1 Å². The van der Waals surface area contributed by atoms with E-state index >= 15 is 0 Å². The van der Waals surface area contributed by atoms with E-state index in [0.29, 0.717) is 5.69 Å². The molecular weight excluding hydrogens is 248 g/mol. The Hall–Kier alpha value is -2.42. The molecule has 3 heteroatoms. The summed E-state index contributed by atoms with van der Waals surface area (Å²) in [6.45, 7) is 4.17. The number of rotatable bonds is 3. The van der Waals surface area contributed by atoms with Gasteiger partial charge >= 0.3 is 0 Å². The molecule has 3 rings (SSSR count). The molecule has 20 heavy (non-hydrogen) atoms. The van der Waals surface area contributed by atoms with Gasteiger partial charge in [0.1, 0.15) is 5.69 Å². The molecule has 0 aliphatic heterocycles. The highest BCUT2D eigenvalue weighted by Crippen LogP contribution is 2.29. The molecule has 1 aromatic carbocycles. The number of aromatic amines is 1. The first-order chi connectivity index (χ1) is 9.68. The second-order valence-electron chi connectivity index (χ2n) is 5.16. The molecule has 0 aliphatic carbocycles. The Morgan fingerprint density at radius 2 is 1.85 bits per heavy atom. The Kier molecular flexibility index (Phi) is 3.11. The molecule has 0 amide bonds. The lowest BCUT2D eigenvalue weighted by atomic mass is 9.98. The van der Waals surface area contributed by atoms with E-state index in [0.717, 1.165) is 22.2 Å². The summed E-state index contributed by atoms with van der Waals surface area (Å²) in [7, 11) is 0. The average Bonchev–Trinajstić information content (AvgIpc) is 2.87. The first-order valence-electron chi connectivity index (χ1n) is 6.75. The van der Waals surface area contributed by atoms with Crippen molar-refractivity contribution in [2.24, 2.45) is 0 Å². The smallest absolute Gasteiger partial charge is 0.213 e. The van der Waals surface area contributed by atoms with Gasteiger partial charge in [-0.25, -0.2) is 0 Å². The van der Waals surface area contributed by atoms with Crippen LogP contribution in [0.4, 0.5) is 0 Å². The minimum atomic E-state index is -0.0215. The van der Waals surface area contributed by atoms with Crippen LogP contribution >= 0.6 is 0 Å². The molecule has 0 saturated carbocycles. The van der Waals surface area contributed by atoms with Crippen molar-refractivity contribution >= 4 is 16.7 Å². The maximum atomic E-state index is 12.8. The summed E-state index contributed by atoms with van der Waals surface area (Å²) in [6.07, 6.45) is 1.65. The highest BCUT2D eigenvalue weighted by molar-refractivity contribution is 6.16. The lowest BCUT2D eigenvalue weighted by molar-refractivity contribution is 0.103. The van der Waals surface area contributed by atoms with Gasteiger partial charge in [-0.2, -0.15) is 0 Å². The Morgan fingerprint density at radius 3 is 2.55 bits per heavy atom. The van der Waals surface area contributed by atoms with Gasteiger partial charge in [0.15, 0.2) is 0 Å². The summed E-state index contributed by atoms with van der Waals surface area (Å²) in [4.78, 5) is 20.3. The number of nitrogens with zero attached hydrogens (tertiary/aromatic N) is 1. The maximum Gasteiger partial charge on any atom is 0.213 e. The van der Waals surface area contributed by atoms with Crippen LogP contribution < -0.4 is 0 Å². The Bertz CT molecular complexity index is 757. The molecule has 0 atom stereocenters. The van der Waals surface area contributed by atoms with Crippen LogP contribution in [-0.4, -0.2) is 15.8 Å². The van der Waals surface area contributed by atoms with E-state index in [9.17, 15) is 4.79 Å². The van der Waals surface area contributed by atoms with Crippen molar-refractivity contribution in [3.8, 4) is 0 Å². The number of aromatic nitrogens is 2.